The van der Waals surface area contributed by atoms with Crippen molar-refractivity contribution in [2.45, 2.75) is 12.5 Å². The molecular formula is C16H15ClN2O. The zero-order chi connectivity index (χ0) is 14.1. The molecule has 3 nitrogen and oxygen atoms in total. The summed E-state index contributed by atoms with van der Waals surface area (Å²) in [6.07, 6.45) is 0.869. The summed E-state index contributed by atoms with van der Waals surface area (Å²) in [6, 6.07) is 13.1. The average molecular weight is 287 g/mol. The zero-order valence-electron chi connectivity index (χ0n) is 10.9. The van der Waals surface area contributed by atoms with Crippen LogP contribution in [0.5, 0.6) is 0 Å². The molecule has 4 heteroatoms. The van der Waals surface area contributed by atoms with E-state index in [0.717, 1.165) is 28.7 Å². The van der Waals surface area contributed by atoms with Crippen molar-refractivity contribution >= 4 is 17.5 Å². The summed E-state index contributed by atoms with van der Waals surface area (Å²) in [6.45, 7) is 0.700. The third-order valence-electron chi connectivity index (χ3n) is 3.63. The molecule has 20 heavy (non-hydrogen) atoms. The fourth-order valence-electron chi connectivity index (χ4n) is 2.52. The Morgan fingerprint density at radius 3 is 2.75 bits per heavy atom. The second-order valence-corrected chi connectivity index (χ2v) is 5.39. The first-order chi connectivity index (χ1) is 9.65. The van der Waals surface area contributed by atoms with E-state index in [4.69, 9.17) is 17.3 Å². The molecule has 0 fully saturated rings. The van der Waals surface area contributed by atoms with E-state index in [1.54, 1.807) is 0 Å². The van der Waals surface area contributed by atoms with Gasteiger partial charge < -0.3 is 11.1 Å². The molecule has 0 saturated heterocycles. The van der Waals surface area contributed by atoms with Crippen molar-refractivity contribution < 1.29 is 4.79 Å². The second-order valence-electron chi connectivity index (χ2n) is 4.96. The van der Waals surface area contributed by atoms with Crippen molar-refractivity contribution in [2.24, 2.45) is 5.73 Å². The number of hydrogen-bond acceptors (Lipinski definition) is 2. The number of carbonyl (C=O) groups is 1. The number of carbonyl (C=O) groups excluding carboxylic acids is 1. The number of nitrogens with two attached hydrogens (primary N) is 1. The monoisotopic (exact) mass is 286 g/mol. The van der Waals surface area contributed by atoms with Crippen molar-refractivity contribution in [2.75, 3.05) is 6.54 Å². The molecule has 0 aromatic heterocycles. The normalized spacial score (nSPS) is 15.4. The van der Waals surface area contributed by atoms with Crippen LogP contribution in [-0.2, 0) is 6.42 Å². The number of benzene rings is 2. The maximum absolute atomic E-state index is 11.9. The third-order valence-corrected chi connectivity index (χ3v) is 3.86. The van der Waals surface area contributed by atoms with E-state index in [0.29, 0.717) is 11.6 Å². The van der Waals surface area contributed by atoms with Gasteiger partial charge in [-0.25, -0.2) is 0 Å². The number of nitrogens with one attached hydrogen (secondary N) is 1. The second kappa shape index (κ2) is 5.27. The van der Waals surface area contributed by atoms with E-state index >= 15 is 0 Å². The Hall–Kier alpha value is -1.84. The third kappa shape index (κ3) is 2.42. The summed E-state index contributed by atoms with van der Waals surface area (Å²) in [4.78, 5) is 11.9. The summed E-state index contributed by atoms with van der Waals surface area (Å²) >= 11 is 6.00. The highest BCUT2D eigenvalue weighted by Gasteiger charge is 2.18. The molecule has 1 unspecified atom stereocenters. The number of amides is 1. The van der Waals surface area contributed by atoms with E-state index in [1.807, 2.05) is 42.5 Å². The fraction of sp³-hybridized carbons (Fsp3) is 0.188. The molecule has 0 aliphatic carbocycles. The van der Waals surface area contributed by atoms with Gasteiger partial charge in [0, 0.05) is 17.1 Å². The van der Waals surface area contributed by atoms with Crippen molar-refractivity contribution in [3.63, 3.8) is 0 Å². The minimum absolute atomic E-state index is 0.0219. The number of halogens is 1. The fourth-order valence-corrected chi connectivity index (χ4v) is 2.71. The van der Waals surface area contributed by atoms with Gasteiger partial charge in [-0.3, -0.25) is 4.79 Å². The molecule has 102 valence electrons. The number of rotatable bonds is 2. The van der Waals surface area contributed by atoms with Crippen LogP contribution in [0.3, 0.4) is 0 Å². The molecule has 0 saturated carbocycles. The van der Waals surface area contributed by atoms with Crippen LogP contribution in [0.2, 0.25) is 5.02 Å². The van der Waals surface area contributed by atoms with Crippen LogP contribution in [0.25, 0.3) is 0 Å². The quantitative estimate of drug-likeness (QED) is 0.892. The maximum Gasteiger partial charge on any atom is 0.251 e. The van der Waals surface area contributed by atoms with Crippen LogP contribution in [-0.4, -0.2) is 12.5 Å². The van der Waals surface area contributed by atoms with Crippen LogP contribution in [0.4, 0.5) is 0 Å². The van der Waals surface area contributed by atoms with Crippen molar-refractivity contribution in [1.82, 2.24) is 5.32 Å². The van der Waals surface area contributed by atoms with Gasteiger partial charge in [0.1, 0.15) is 0 Å². The van der Waals surface area contributed by atoms with E-state index in [1.165, 1.54) is 0 Å². The van der Waals surface area contributed by atoms with Gasteiger partial charge in [-0.15, -0.1) is 0 Å². The minimum Gasteiger partial charge on any atom is -0.352 e. The molecule has 2 aromatic rings. The van der Waals surface area contributed by atoms with E-state index in [9.17, 15) is 4.79 Å². The van der Waals surface area contributed by atoms with Gasteiger partial charge >= 0.3 is 0 Å². The van der Waals surface area contributed by atoms with E-state index < -0.39 is 0 Å². The van der Waals surface area contributed by atoms with Crippen molar-refractivity contribution in [1.29, 1.82) is 0 Å². The molecule has 0 bridgehead atoms. The lowest BCUT2D eigenvalue weighted by Gasteiger charge is -2.19. The lowest BCUT2D eigenvalue weighted by Crippen LogP contribution is -2.32. The summed E-state index contributed by atoms with van der Waals surface area (Å²) < 4.78 is 0. The SMILES string of the molecule is NC(c1cccc(Cl)c1)c1ccc2c(c1)C(=O)NCC2. The number of fused-ring (bicyclic) bond motifs is 1. The van der Waals surface area contributed by atoms with Gasteiger partial charge in [-0.1, -0.05) is 35.9 Å². The molecule has 3 rings (SSSR count). The van der Waals surface area contributed by atoms with Crippen LogP contribution < -0.4 is 11.1 Å². The Kier molecular flexibility index (Phi) is 3.47. The first kappa shape index (κ1) is 13.2. The molecule has 1 heterocycles. The first-order valence-corrected chi connectivity index (χ1v) is 6.95. The van der Waals surface area contributed by atoms with Crippen LogP contribution in [0, 0.1) is 0 Å². The topological polar surface area (TPSA) is 55.1 Å². The first-order valence-electron chi connectivity index (χ1n) is 6.57. The molecule has 3 N–H and O–H groups in total. The van der Waals surface area contributed by atoms with Crippen molar-refractivity contribution in [3.8, 4) is 0 Å². The lowest BCUT2D eigenvalue weighted by atomic mass is 9.93. The predicted octanol–water partition coefficient (Wildman–Crippen LogP) is 2.67. The van der Waals surface area contributed by atoms with Gasteiger partial charge in [-0.05, 0) is 41.3 Å². The molecule has 1 amide bonds. The average Bonchev–Trinajstić information content (AvgIpc) is 2.47. The molecule has 1 aliphatic rings. The predicted molar refractivity (Wildman–Crippen MR) is 80.0 cm³/mol. The molecular weight excluding hydrogens is 272 g/mol. The van der Waals surface area contributed by atoms with Gasteiger partial charge in [0.15, 0.2) is 0 Å². The molecule has 0 spiro atoms. The summed E-state index contributed by atoms with van der Waals surface area (Å²) in [5.74, 6) is -0.0219. The Morgan fingerprint density at radius 2 is 1.95 bits per heavy atom. The van der Waals surface area contributed by atoms with Crippen LogP contribution in [0.15, 0.2) is 42.5 Å². The molecule has 1 atom stereocenters. The van der Waals surface area contributed by atoms with Crippen molar-refractivity contribution in [3.05, 3.63) is 69.7 Å². The summed E-state index contributed by atoms with van der Waals surface area (Å²) in [5.41, 5.74) is 9.94. The van der Waals surface area contributed by atoms with Gasteiger partial charge in [0.2, 0.25) is 0 Å². The standard InChI is InChI=1S/C16H15ClN2O/c17-13-3-1-2-11(8-13)15(18)12-5-4-10-6-7-19-16(20)14(10)9-12/h1-5,8-9,15H,6-7,18H2,(H,19,20). The van der Waals surface area contributed by atoms with E-state index in [-0.39, 0.29) is 11.9 Å². The highest BCUT2D eigenvalue weighted by atomic mass is 35.5. The zero-order valence-corrected chi connectivity index (χ0v) is 11.7. The van der Waals surface area contributed by atoms with Gasteiger partial charge in [-0.2, -0.15) is 0 Å². The minimum atomic E-state index is -0.284. The highest BCUT2D eigenvalue weighted by molar-refractivity contribution is 6.30. The Bertz CT molecular complexity index is 669. The number of hydrogen-bond donors (Lipinski definition) is 2. The molecule has 0 radical (unpaired) electrons. The van der Waals surface area contributed by atoms with Gasteiger partial charge in [0.05, 0.1) is 6.04 Å². The Labute approximate surface area is 122 Å². The smallest absolute Gasteiger partial charge is 0.251 e. The highest BCUT2D eigenvalue weighted by Crippen LogP contribution is 2.25. The Balaban J connectivity index is 1.98. The Morgan fingerprint density at radius 1 is 1.15 bits per heavy atom. The lowest BCUT2D eigenvalue weighted by molar-refractivity contribution is 0.0946. The molecule has 1 aliphatic heterocycles. The summed E-state index contributed by atoms with van der Waals surface area (Å²) in [5, 5.41) is 3.51. The van der Waals surface area contributed by atoms with Crippen LogP contribution >= 0.6 is 11.6 Å². The molecule has 2 aromatic carbocycles. The maximum atomic E-state index is 11.9. The van der Waals surface area contributed by atoms with E-state index in [2.05, 4.69) is 5.32 Å². The van der Waals surface area contributed by atoms with Gasteiger partial charge in [0.25, 0.3) is 5.91 Å². The van der Waals surface area contributed by atoms with Crippen LogP contribution in [0.1, 0.15) is 33.1 Å². The summed E-state index contributed by atoms with van der Waals surface area (Å²) in [7, 11) is 0. The largest absolute Gasteiger partial charge is 0.352 e.